The lowest BCUT2D eigenvalue weighted by Gasteiger charge is -2.14. The lowest BCUT2D eigenvalue weighted by molar-refractivity contribution is 0.243. The van der Waals surface area contributed by atoms with Gasteiger partial charge in [0.05, 0.1) is 12.3 Å². The first-order valence-electron chi connectivity index (χ1n) is 6.64. The molecule has 0 bridgehead atoms. The van der Waals surface area contributed by atoms with Crippen molar-refractivity contribution in [1.29, 1.82) is 0 Å². The van der Waals surface area contributed by atoms with Crippen molar-refractivity contribution in [3.8, 4) is 5.75 Å². The minimum absolute atomic E-state index is 0.121. The Labute approximate surface area is 124 Å². The second-order valence-electron chi connectivity index (χ2n) is 4.53. The molecule has 6 heteroatoms. The van der Waals surface area contributed by atoms with Gasteiger partial charge in [-0.1, -0.05) is 18.5 Å². The third-order valence-corrected chi connectivity index (χ3v) is 2.96. The standard InChI is InChI=1S/C14H21ClN2O3/c1-3-20-13-8-11(15)4-5-12(13)17-14(19)16-9-10(2)6-7-18/h4-5,8,10,18H,3,6-7,9H2,1-2H3,(H2,16,17,19). The van der Waals surface area contributed by atoms with Gasteiger partial charge in [-0.15, -0.1) is 0 Å². The number of carbonyl (C=O) groups excluding carboxylic acids is 1. The van der Waals surface area contributed by atoms with Gasteiger partial charge in [-0.2, -0.15) is 0 Å². The lowest BCUT2D eigenvalue weighted by Crippen LogP contribution is -2.32. The van der Waals surface area contributed by atoms with E-state index in [0.717, 1.165) is 0 Å². The number of urea groups is 1. The number of amides is 2. The first-order valence-corrected chi connectivity index (χ1v) is 7.02. The molecule has 1 atom stereocenters. The Balaban J connectivity index is 2.57. The van der Waals surface area contributed by atoms with E-state index in [2.05, 4.69) is 10.6 Å². The van der Waals surface area contributed by atoms with Crippen LogP contribution in [0.1, 0.15) is 20.3 Å². The molecule has 1 rings (SSSR count). The van der Waals surface area contributed by atoms with E-state index in [9.17, 15) is 4.79 Å². The number of ether oxygens (including phenoxy) is 1. The van der Waals surface area contributed by atoms with Gasteiger partial charge in [0.2, 0.25) is 0 Å². The fourth-order valence-corrected chi connectivity index (χ4v) is 1.79. The molecule has 0 radical (unpaired) electrons. The van der Waals surface area contributed by atoms with Gasteiger partial charge in [0.25, 0.3) is 0 Å². The summed E-state index contributed by atoms with van der Waals surface area (Å²) in [4.78, 5) is 11.8. The highest BCUT2D eigenvalue weighted by atomic mass is 35.5. The van der Waals surface area contributed by atoms with Crippen LogP contribution >= 0.6 is 11.6 Å². The van der Waals surface area contributed by atoms with E-state index in [1.165, 1.54) is 0 Å². The lowest BCUT2D eigenvalue weighted by atomic mass is 10.1. The number of aliphatic hydroxyl groups is 1. The largest absolute Gasteiger partial charge is 0.492 e. The quantitative estimate of drug-likeness (QED) is 0.725. The summed E-state index contributed by atoms with van der Waals surface area (Å²) < 4.78 is 5.42. The van der Waals surface area contributed by atoms with E-state index in [1.807, 2.05) is 13.8 Å². The topological polar surface area (TPSA) is 70.6 Å². The fourth-order valence-electron chi connectivity index (χ4n) is 1.63. The van der Waals surface area contributed by atoms with Crippen LogP contribution in [0.15, 0.2) is 18.2 Å². The van der Waals surface area contributed by atoms with Gasteiger partial charge in [0.1, 0.15) is 5.75 Å². The average molecular weight is 301 g/mol. The molecular formula is C14H21ClN2O3. The zero-order valence-electron chi connectivity index (χ0n) is 11.8. The van der Waals surface area contributed by atoms with E-state index in [4.69, 9.17) is 21.4 Å². The summed E-state index contributed by atoms with van der Waals surface area (Å²) in [5.74, 6) is 0.765. The third kappa shape index (κ3) is 5.67. The molecule has 3 N–H and O–H groups in total. The summed E-state index contributed by atoms with van der Waals surface area (Å²) in [5, 5.41) is 14.8. The Morgan fingerprint density at radius 2 is 2.25 bits per heavy atom. The summed E-state index contributed by atoms with van der Waals surface area (Å²) >= 11 is 5.89. The summed E-state index contributed by atoms with van der Waals surface area (Å²) in [6, 6.07) is 4.74. The van der Waals surface area contributed by atoms with Gasteiger partial charge in [-0.3, -0.25) is 0 Å². The van der Waals surface area contributed by atoms with Crippen LogP contribution in [0, 0.1) is 5.92 Å². The number of rotatable bonds is 7. The summed E-state index contributed by atoms with van der Waals surface area (Å²) in [6.07, 6.45) is 0.658. The third-order valence-electron chi connectivity index (χ3n) is 2.72. The minimum Gasteiger partial charge on any atom is -0.492 e. The van der Waals surface area contributed by atoms with Gasteiger partial charge < -0.3 is 20.5 Å². The predicted octanol–water partition coefficient (Wildman–Crippen LogP) is 2.88. The average Bonchev–Trinajstić information content (AvgIpc) is 2.40. The molecule has 5 nitrogen and oxygen atoms in total. The second kappa shape index (κ2) is 8.66. The van der Waals surface area contributed by atoms with Crippen LogP contribution in [-0.2, 0) is 0 Å². The maximum atomic E-state index is 11.8. The highest BCUT2D eigenvalue weighted by molar-refractivity contribution is 6.30. The monoisotopic (exact) mass is 300 g/mol. The van der Waals surface area contributed by atoms with Gasteiger partial charge in [0, 0.05) is 24.2 Å². The van der Waals surface area contributed by atoms with E-state index >= 15 is 0 Å². The number of halogens is 1. The SMILES string of the molecule is CCOc1cc(Cl)ccc1NC(=O)NCC(C)CCO. The maximum absolute atomic E-state index is 11.8. The molecule has 112 valence electrons. The number of carbonyl (C=O) groups is 1. The zero-order valence-corrected chi connectivity index (χ0v) is 12.5. The number of hydrogen-bond acceptors (Lipinski definition) is 3. The molecule has 2 amide bonds. The van der Waals surface area contributed by atoms with Crippen LogP contribution in [0.25, 0.3) is 0 Å². The van der Waals surface area contributed by atoms with Crippen LogP contribution in [0.5, 0.6) is 5.75 Å². The van der Waals surface area contributed by atoms with Crippen LogP contribution in [-0.4, -0.2) is 30.9 Å². The number of aliphatic hydroxyl groups excluding tert-OH is 1. The number of nitrogens with one attached hydrogen (secondary N) is 2. The van der Waals surface area contributed by atoms with Crippen molar-refractivity contribution in [3.63, 3.8) is 0 Å². The normalized spacial score (nSPS) is 11.8. The molecule has 20 heavy (non-hydrogen) atoms. The molecule has 0 saturated carbocycles. The second-order valence-corrected chi connectivity index (χ2v) is 4.96. The Kier molecular flexibility index (Phi) is 7.18. The van der Waals surface area contributed by atoms with Crippen molar-refractivity contribution in [3.05, 3.63) is 23.2 Å². The highest BCUT2D eigenvalue weighted by Crippen LogP contribution is 2.28. The van der Waals surface area contributed by atoms with E-state index in [0.29, 0.717) is 36.0 Å². The Hall–Kier alpha value is -1.46. The number of benzene rings is 1. The molecule has 0 spiro atoms. The molecule has 0 saturated heterocycles. The Morgan fingerprint density at radius 3 is 2.90 bits per heavy atom. The van der Waals surface area contributed by atoms with Crippen molar-refractivity contribution in [2.24, 2.45) is 5.92 Å². The molecule has 1 unspecified atom stereocenters. The summed E-state index contributed by atoms with van der Waals surface area (Å²) in [5.41, 5.74) is 0.573. The van der Waals surface area contributed by atoms with Crippen molar-refractivity contribution in [2.75, 3.05) is 25.1 Å². The molecular weight excluding hydrogens is 280 g/mol. The number of anilines is 1. The predicted molar refractivity (Wildman–Crippen MR) is 80.5 cm³/mol. The molecule has 0 aliphatic rings. The first kappa shape index (κ1) is 16.6. The molecule has 0 aliphatic heterocycles. The van der Waals surface area contributed by atoms with E-state index in [-0.39, 0.29) is 18.6 Å². The fraction of sp³-hybridized carbons (Fsp3) is 0.500. The molecule has 0 heterocycles. The van der Waals surface area contributed by atoms with Gasteiger partial charge in [0.15, 0.2) is 0 Å². The van der Waals surface area contributed by atoms with Crippen molar-refractivity contribution in [2.45, 2.75) is 20.3 Å². The molecule has 1 aromatic carbocycles. The van der Waals surface area contributed by atoms with E-state index < -0.39 is 0 Å². The Morgan fingerprint density at radius 1 is 1.50 bits per heavy atom. The Bertz CT molecular complexity index is 440. The first-order chi connectivity index (χ1) is 9.56. The van der Waals surface area contributed by atoms with Crippen LogP contribution in [0.2, 0.25) is 5.02 Å². The maximum Gasteiger partial charge on any atom is 0.319 e. The van der Waals surface area contributed by atoms with Crippen LogP contribution in [0.3, 0.4) is 0 Å². The van der Waals surface area contributed by atoms with Gasteiger partial charge in [-0.25, -0.2) is 4.79 Å². The highest BCUT2D eigenvalue weighted by Gasteiger charge is 2.09. The summed E-state index contributed by atoms with van der Waals surface area (Å²) in [7, 11) is 0. The molecule has 0 fully saturated rings. The van der Waals surface area contributed by atoms with Gasteiger partial charge >= 0.3 is 6.03 Å². The minimum atomic E-state index is -0.307. The molecule has 0 aliphatic carbocycles. The van der Waals surface area contributed by atoms with Crippen molar-refractivity contribution in [1.82, 2.24) is 5.32 Å². The number of hydrogen-bond donors (Lipinski definition) is 3. The van der Waals surface area contributed by atoms with Crippen molar-refractivity contribution < 1.29 is 14.6 Å². The van der Waals surface area contributed by atoms with Crippen molar-refractivity contribution >= 4 is 23.3 Å². The van der Waals surface area contributed by atoms with Gasteiger partial charge in [-0.05, 0) is 31.4 Å². The van der Waals surface area contributed by atoms with E-state index in [1.54, 1.807) is 18.2 Å². The van der Waals surface area contributed by atoms with Crippen LogP contribution in [0.4, 0.5) is 10.5 Å². The smallest absolute Gasteiger partial charge is 0.319 e. The van der Waals surface area contributed by atoms with Crippen LogP contribution < -0.4 is 15.4 Å². The summed E-state index contributed by atoms with van der Waals surface area (Å²) in [6.45, 7) is 4.94. The molecule has 0 aromatic heterocycles. The molecule has 1 aromatic rings. The zero-order chi connectivity index (χ0) is 15.0.